The third-order valence-corrected chi connectivity index (χ3v) is 4.46. The summed E-state index contributed by atoms with van der Waals surface area (Å²) in [4.78, 5) is 2.29. The van der Waals surface area contributed by atoms with Crippen LogP contribution in [0.1, 0.15) is 30.0 Å². The lowest BCUT2D eigenvalue weighted by atomic mass is 9.92. The lowest BCUT2D eigenvalue weighted by molar-refractivity contribution is 0.0354. The van der Waals surface area contributed by atoms with Gasteiger partial charge in [-0.05, 0) is 36.6 Å². The van der Waals surface area contributed by atoms with Gasteiger partial charge in [-0.2, -0.15) is 0 Å². The van der Waals surface area contributed by atoms with Gasteiger partial charge in [0, 0.05) is 24.7 Å². The molecule has 0 spiro atoms. The lowest BCUT2D eigenvalue weighted by Gasteiger charge is -2.38. The molecule has 2 aromatic carbocycles. The summed E-state index contributed by atoms with van der Waals surface area (Å²) in [6.07, 6.45) is 0.966. The van der Waals surface area contributed by atoms with Crippen molar-refractivity contribution in [2.45, 2.75) is 31.5 Å². The molecule has 2 unspecified atom stereocenters. The van der Waals surface area contributed by atoms with Crippen LogP contribution in [-0.4, -0.2) is 29.8 Å². The van der Waals surface area contributed by atoms with E-state index in [1.807, 2.05) is 18.2 Å². The fourth-order valence-corrected chi connectivity index (χ4v) is 3.29. The van der Waals surface area contributed by atoms with E-state index in [1.54, 1.807) is 13.2 Å². The first-order valence-electron chi connectivity index (χ1n) is 7.97. The predicted octanol–water partition coefficient (Wildman–Crippen LogP) is 3.53. The first kappa shape index (κ1) is 16.0. The Labute approximate surface area is 136 Å². The van der Waals surface area contributed by atoms with Gasteiger partial charge >= 0.3 is 0 Å². The highest BCUT2D eigenvalue weighted by atomic mass is 19.1. The van der Waals surface area contributed by atoms with Crippen molar-refractivity contribution in [1.82, 2.24) is 4.90 Å². The molecule has 3 rings (SSSR count). The molecule has 1 aliphatic rings. The highest BCUT2D eigenvalue weighted by Gasteiger charge is 2.30. The maximum Gasteiger partial charge on any atom is 0.123 e. The smallest absolute Gasteiger partial charge is 0.123 e. The molecule has 0 aromatic heterocycles. The van der Waals surface area contributed by atoms with Crippen LogP contribution in [-0.2, 0) is 6.54 Å². The van der Waals surface area contributed by atoms with E-state index < -0.39 is 0 Å². The molecular formula is C19H22FNO2. The first-order chi connectivity index (χ1) is 11.2. The van der Waals surface area contributed by atoms with Crippen LogP contribution < -0.4 is 4.74 Å². The number of nitrogens with zero attached hydrogens (tertiary/aromatic N) is 1. The molecule has 1 saturated heterocycles. The van der Waals surface area contributed by atoms with Crippen molar-refractivity contribution in [1.29, 1.82) is 0 Å². The van der Waals surface area contributed by atoms with Crippen molar-refractivity contribution in [3.8, 4) is 5.75 Å². The van der Waals surface area contributed by atoms with Gasteiger partial charge in [0.05, 0.1) is 13.2 Å². The van der Waals surface area contributed by atoms with Gasteiger partial charge in [-0.25, -0.2) is 4.39 Å². The summed E-state index contributed by atoms with van der Waals surface area (Å²) in [6, 6.07) is 14.8. The van der Waals surface area contributed by atoms with Crippen LogP contribution in [0.5, 0.6) is 5.75 Å². The fraction of sp³-hybridized carbons (Fsp3) is 0.368. The van der Waals surface area contributed by atoms with Gasteiger partial charge in [0.25, 0.3) is 0 Å². The van der Waals surface area contributed by atoms with E-state index in [9.17, 15) is 9.50 Å². The van der Waals surface area contributed by atoms with E-state index in [0.717, 1.165) is 25.1 Å². The molecule has 1 heterocycles. The number of hydrogen-bond donors (Lipinski definition) is 1. The number of aliphatic hydroxyl groups is 1. The zero-order valence-electron chi connectivity index (χ0n) is 13.3. The van der Waals surface area contributed by atoms with Crippen LogP contribution in [0.2, 0.25) is 0 Å². The quantitative estimate of drug-likeness (QED) is 0.937. The Morgan fingerprint density at radius 3 is 2.74 bits per heavy atom. The van der Waals surface area contributed by atoms with Crippen LogP contribution in [0.3, 0.4) is 0 Å². The lowest BCUT2D eigenvalue weighted by Crippen LogP contribution is -2.38. The number of aliphatic hydroxyl groups excluding tert-OH is 1. The van der Waals surface area contributed by atoms with Crippen LogP contribution in [0.15, 0.2) is 48.5 Å². The topological polar surface area (TPSA) is 32.7 Å². The molecule has 122 valence electrons. The molecule has 1 aliphatic heterocycles. The van der Waals surface area contributed by atoms with Crippen molar-refractivity contribution in [2.24, 2.45) is 0 Å². The Bertz CT molecular complexity index is 647. The van der Waals surface area contributed by atoms with Gasteiger partial charge in [-0.1, -0.05) is 30.3 Å². The average molecular weight is 315 g/mol. The normalized spacial score (nSPS) is 22.0. The standard InChI is InChI=1S/C19H22FNO2/c1-23-19-8-7-15(20)11-17(19)18-12-16(22)9-10-21(18)13-14-5-3-2-4-6-14/h2-8,11,16,18,22H,9-10,12-13H2,1H3. The zero-order valence-corrected chi connectivity index (χ0v) is 13.3. The van der Waals surface area contributed by atoms with Gasteiger partial charge in [0.15, 0.2) is 0 Å². The molecule has 1 fully saturated rings. The van der Waals surface area contributed by atoms with E-state index in [4.69, 9.17) is 4.74 Å². The summed E-state index contributed by atoms with van der Waals surface area (Å²) in [6.45, 7) is 1.55. The largest absolute Gasteiger partial charge is 0.496 e. The number of methoxy groups -OCH3 is 1. The summed E-state index contributed by atoms with van der Waals surface area (Å²) in [5.41, 5.74) is 2.02. The van der Waals surface area contributed by atoms with E-state index in [2.05, 4.69) is 17.0 Å². The van der Waals surface area contributed by atoms with Crippen molar-refractivity contribution in [3.63, 3.8) is 0 Å². The summed E-state index contributed by atoms with van der Waals surface area (Å²) < 4.78 is 19.2. The van der Waals surface area contributed by atoms with Gasteiger partial charge in [0.1, 0.15) is 11.6 Å². The van der Waals surface area contributed by atoms with E-state index in [0.29, 0.717) is 12.2 Å². The predicted molar refractivity (Wildman–Crippen MR) is 87.8 cm³/mol. The summed E-state index contributed by atoms with van der Waals surface area (Å²) in [5.74, 6) is 0.393. The number of halogens is 1. The Balaban J connectivity index is 1.91. The van der Waals surface area contributed by atoms with Gasteiger partial charge in [0.2, 0.25) is 0 Å². The molecule has 0 bridgehead atoms. The number of rotatable bonds is 4. The van der Waals surface area contributed by atoms with E-state index in [-0.39, 0.29) is 18.0 Å². The number of benzene rings is 2. The van der Waals surface area contributed by atoms with Gasteiger partial charge in [-0.3, -0.25) is 4.90 Å². The second-order valence-corrected chi connectivity index (χ2v) is 6.04. The highest BCUT2D eigenvalue weighted by Crippen LogP contribution is 2.37. The molecule has 2 aromatic rings. The van der Waals surface area contributed by atoms with E-state index in [1.165, 1.54) is 17.7 Å². The molecule has 0 saturated carbocycles. The third-order valence-electron chi connectivity index (χ3n) is 4.46. The molecule has 4 heteroatoms. The molecule has 2 atom stereocenters. The minimum Gasteiger partial charge on any atom is -0.496 e. The van der Waals surface area contributed by atoms with Crippen LogP contribution in [0.4, 0.5) is 4.39 Å². The second-order valence-electron chi connectivity index (χ2n) is 6.04. The van der Waals surface area contributed by atoms with Crippen molar-refractivity contribution >= 4 is 0 Å². The zero-order chi connectivity index (χ0) is 16.2. The minimum atomic E-state index is -0.361. The second kappa shape index (κ2) is 7.11. The monoisotopic (exact) mass is 315 g/mol. The maximum absolute atomic E-state index is 13.8. The summed E-state index contributed by atoms with van der Waals surface area (Å²) >= 11 is 0. The van der Waals surface area contributed by atoms with Crippen molar-refractivity contribution in [2.75, 3.05) is 13.7 Å². The molecular weight excluding hydrogens is 293 g/mol. The SMILES string of the molecule is COc1ccc(F)cc1C1CC(O)CCN1Cc1ccccc1. The average Bonchev–Trinajstić information content (AvgIpc) is 2.57. The highest BCUT2D eigenvalue weighted by molar-refractivity contribution is 5.37. The maximum atomic E-state index is 13.8. The molecule has 0 amide bonds. The molecule has 0 aliphatic carbocycles. The Kier molecular flexibility index (Phi) is 4.94. The summed E-state index contributed by atoms with van der Waals surface area (Å²) in [5, 5.41) is 10.1. The molecule has 23 heavy (non-hydrogen) atoms. The fourth-order valence-electron chi connectivity index (χ4n) is 3.29. The number of piperidine rings is 1. The number of likely N-dealkylation sites (tertiary alicyclic amines) is 1. The number of ether oxygens (including phenoxy) is 1. The Morgan fingerprint density at radius 2 is 2.00 bits per heavy atom. The van der Waals surface area contributed by atoms with Crippen LogP contribution >= 0.6 is 0 Å². The van der Waals surface area contributed by atoms with Crippen molar-refractivity contribution in [3.05, 3.63) is 65.5 Å². The first-order valence-corrected chi connectivity index (χ1v) is 7.97. The van der Waals surface area contributed by atoms with Crippen LogP contribution in [0.25, 0.3) is 0 Å². The van der Waals surface area contributed by atoms with Gasteiger partial charge in [-0.15, -0.1) is 0 Å². The summed E-state index contributed by atoms with van der Waals surface area (Å²) in [7, 11) is 1.59. The third kappa shape index (κ3) is 3.71. The molecule has 0 radical (unpaired) electrons. The van der Waals surface area contributed by atoms with Crippen molar-refractivity contribution < 1.29 is 14.2 Å². The van der Waals surface area contributed by atoms with Crippen LogP contribution in [0, 0.1) is 5.82 Å². The molecule has 3 nitrogen and oxygen atoms in total. The van der Waals surface area contributed by atoms with Gasteiger partial charge < -0.3 is 9.84 Å². The minimum absolute atomic E-state index is 0.0513. The molecule has 1 N–H and O–H groups in total. The number of hydrogen-bond acceptors (Lipinski definition) is 3. The van der Waals surface area contributed by atoms with E-state index >= 15 is 0 Å². The Morgan fingerprint density at radius 1 is 1.22 bits per heavy atom. The Hall–Kier alpha value is -1.91.